The molecule has 0 unspecified atom stereocenters. The van der Waals surface area contributed by atoms with Crippen LogP contribution in [0, 0.1) is 43.4 Å². The van der Waals surface area contributed by atoms with Crippen molar-refractivity contribution in [3.63, 3.8) is 0 Å². The zero-order chi connectivity index (χ0) is 32.1. The van der Waals surface area contributed by atoms with Crippen molar-refractivity contribution < 1.29 is 38.8 Å². The van der Waals surface area contributed by atoms with Gasteiger partial charge in [0, 0.05) is 54.8 Å². The van der Waals surface area contributed by atoms with Crippen molar-refractivity contribution in [2.75, 3.05) is 0 Å². The summed E-state index contributed by atoms with van der Waals surface area (Å²) >= 11 is 0. The molecular formula is C37H46F2IrNO2Si-. The van der Waals surface area contributed by atoms with Gasteiger partial charge in [-0.1, -0.05) is 73.3 Å². The number of carbonyl (C=O) groups excluding carboxylic acids is 1. The van der Waals surface area contributed by atoms with Crippen LogP contribution in [-0.4, -0.2) is 23.9 Å². The van der Waals surface area contributed by atoms with Gasteiger partial charge in [-0.05, 0) is 59.7 Å². The Hall–Kier alpha value is -2.73. The van der Waals surface area contributed by atoms with Gasteiger partial charge in [-0.2, -0.15) is 0 Å². The van der Waals surface area contributed by atoms with Crippen molar-refractivity contribution >= 4 is 40.6 Å². The average molecular weight is 795 g/mol. The molecule has 0 saturated carbocycles. The van der Waals surface area contributed by atoms with Crippen molar-refractivity contribution in [3.8, 4) is 11.3 Å². The summed E-state index contributed by atoms with van der Waals surface area (Å²) < 4.78 is 30.2. The molecule has 0 saturated heterocycles. The number of rotatable bonds is 9. The molecular weight excluding hydrogens is 749 g/mol. The summed E-state index contributed by atoms with van der Waals surface area (Å²) in [7, 11) is -2.15. The largest absolute Gasteiger partial charge is 0.512 e. The van der Waals surface area contributed by atoms with Crippen LogP contribution in [0.1, 0.15) is 64.5 Å². The summed E-state index contributed by atoms with van der Waals surface area (Å²) in [6.07, 6.45) is 6.61. The van der Waals surface area contributed by atoms with E-state index >= 15 is 4.39 Å². The summed E-state index contributed by atoms with van der Waals surface area (Å²) in [5, 5.41) is 12.7. The molecule has 0 aliphatic rings. The van der Waals surface area contributed by atoms with Gasteiger partial charge < -0.3 is 10.1 Å². The third-order valence-electron chi connectivity index (χ3n) is 8.19. The first-order chi connectivity index (χ1) is 20.3. The van der Waals surface area contributed by atoms with E-state index < -0.39 is 19.7 Å². The van der Waals surface area contributed by atoms with Crippen LogP contribution in [0.3, 0.4) is 0 Å². The number of aliphatic hydroxyl groups excluding tert-OH is 1. The van der Waals surface area contributed by atoms with Crippen molar-refractivity contribution in [1.82, 2.24) is 4.98 Å². The second kappa shape index (κ2) is 16.0. The van der Waals surface area contributed by atoms with E-state index in [9.17, 15) is 14.3 Å². The maximum Gasteiger partial charge on any atom is 0.162 e. The van der Waals surface area contributed by atoms with E-state index in [2.05, 4.69) is 17.1 Å². The number of halogens is 2. The number of benzene rings is 3. The number of ketones is 1. The van der Waals surface area contributed by atoms with Gasteiger partial charge in [0.1, 0.15) is 11.6 Å². The molecule has 0 spiro atoms. The third kappa shape index (κ3) is 8.50. The minimum atomic E-state index is -2.15. The first-order valence-corrected chi connectivity index (χ1v) is 18.9. The molecule has 239 valence electrons. The van der Waals surface area contributed by atoms with Gasteiger partial charge >= 0.3 is 0 Å². The van der Waals surface area contributed by atoms with Gasteiger partial charge in [0.2, 0.25) is 0 Å². The first-order valence-electron chi connectivity index (χ1n) is 15.4. The van der Waals surface area contributed by atoms with Gasteiger partial charge in [-0.15, -0.1) is 34.9 Å². The van der Waals surface area contributed by atoms with Crippen LogP contribution in [0.4, 0.5) is 8.78 Å². The zero-order valence-electron chi connectivity index (χ0n) is 27.5. The Morgan fingerprint density at radius 2 is 1.48 bits per heavy atom. The number of aliphatic hydroxyl groups is 1. The maximum atomic E-state index is 15.3. The smallest absolute Gasteiger partial charge is 0.162 e. The summed E-state index contributed by atoms with van der Waals surface area (Å²) in [4.78, 5) is 16.3. The monoisotopic (exact) mass is 795 g/mol. The predicted molar refractivity (Wildman–Crippen MR) is 180 cm³/mol. The van der Waals surface area contributed by atoms with Crippen molar-refractivity contribution in [2.45, 2.75) is 86.9 Å². The van der Waals surface area contributed by atoms with Gasteiger partial charge in [-0.3, -0.25) is 4.79 Å². The second-order valence-corrected chi connectivity index (χ2v) is 17.5. The van der Waals surface area contributed by atoms with E-state index in [0.29, 0.717) is 10.8 Å². The van der Waals surface area contributed by atoms with E-state index in [1.165, 1.54) is 12.1 Å². The molecule has 1 heterocycles. The number of carbonyl (C=O) groups is 1. The summed E-state index contributed by atoms with van der Waals surface area (Å²) in [5.41, 5.74) is 3.83. The van der Waals surface area contributed by atoms with Gasteiger partial charge in [0.15, 0.2) is 5.78 Å². The van der Waals surface area contributed by atoms with Crippen molar-refractivity contribution in [2.24, 2.45) is 11.8 Å². The third-order valence-corrected chi connectivity index (χ3v) is 10.1. The number of nitrogens with zero attached hydrogens (tertiary/aromatic N) is 1. The quantitative estimate of drug-likeness (QED) is 0.0604. The summed E-state index contributed by atoms with van der Waals surface area (Å²) in [5.74, 6) is -0.327. The van der Waals surface area contributed by atoms with Crippen molar-refractivity contribution in [1.29, 1.82) is 0 Å². The Morgan fingerprint density at radius 1 is 0.886 bits per heavy atom. The standard InChI is InChI=1S/C24H22F2NSi.C13H24O2.Ir/c1-14-10-15(2)12-16(11-14)23-19-7-6-18-20(17(19)8-9-27-23)13-21(25)24(22(18)26)28(3,4)5;1-5-10(6-2)12(14)9-13(15)11(7-3)8-4;/h6-11,13H,1-5H3;9-11,14H,5-8H2,1-4H3;/q-1;;. The topological polar surface area (TPSA) is 50.2 Å². The van der Waals surface area contributed by atoms with Gasteiger partial charge in [0.05, 0.1) is 13.8 Å². The van der Waals surface area contributed by atoms with E-state index in [-0.39, 0.29) is 48.7 Å². The Labute approximate surface area is 276 Å². The molecule has 0 fully saturated rings. The Balaban J connectivity index is 0.000000363. The fourth-order valence-electron chi connectivity index (χ4n) is 5.77. The second-order valence-electron chi connectivity index (χ2n) is 12.5. The van der Waals surface area contributed by atoms with Crippen LogP contribution in [0.15, 0.2) is 54.4 Å². The molecule has 0 aliphatic heterocycles. The summed E-state index contributed by atoms with van der Waals surface area (Å²) in [6.45, 7) is 18.0. The number of fused-ring (bicyclic) bond motifs is 3. The number of aryl methyl sites for hydroxylation is 2. The molecule has 0 aliphatic carbocycles. The number of aromatic nitrogens is 1. The van der Waals surface area contributed by atoms with Crippen molar-refractivity contribution in [3.05, 3.63) is 83.3 Å². The Kier molecular flexibility index (Phi) is 13.6. The number of hydrogen-bond acceptors (Lipinski definition) is 3. The Morgan fingerprint density at radius 3 is 2.02 bits per heavy atom. The SMILES string of the molecule is CCC(CC)C(=O)C=C(O)C(CC)CC.Cc1[c-]c(-c2nccc3c2ccc2c(F)c([Si](C)(C)C)c(F)cc23)cc(C)c1.[Ir]. The van der Waals surface area contributed by atoms with Crippen LogP contribution in [0.25, 0.3) is 32.8 Å². The fourth-order valence-corrected chi connectivity index (χ4v) is 7.35. The predicted octanol–water partition coefficient (Wildman–Crippen LogP) is 10.2. The van der Waals surface area contributed by atoms with E-state index in [0.717, 1.165) is 58.8 Å². The summed E-state index contributed by atoms with van der Waals surface area (Å²) in [6, 6.07) is 14.4. The Bertz CT molecular complexity index is 1620. The molecule has 0 atom stereocenters. The van der Waals surface area contributed by atoms with E-state index in [4.69, 9.17) is 0 Å². The van der Waals surface area contributed by atoms with Crippen LogP contribution in [-0.2, 0) is 24.9 Å². The number of allylic oxidation sites excluding steroid dienone is 2. The number of hydrogen-bond donors (Lipinski definition) is 1. The van der Waals surface area contributed by atoms with E-state index in [1.54, 1.807) is 12.3 Å². The maximum absolute atomic E-state index is 15.3. The molecule has 0 amide bonds. The average Bonchev–Trinajstić information content (AvgIpc) is 2.93. The minimum Gasteiger partial charge on any atom is -0.512 e. The molecule has 1 radical (unpaired) electrons. The van der Waals surface area contributed by atoms with Crippen LogP contribution >= 0.6 is 0 Å². The molecule has 1 N–H and O–H groups in total. The molecule has 0 bridgehead atoms. The van der Waals surface area contributed by atoms with Gasteiger partial charge in [0.25, 0.3) is 0 Å². The molecule has 7 heteroatoms. The van der Waals surface area contributed by atoms with Crippen LogP contribution in [0.5, 0.6) is 0 Å². The number of pyridine rings is 1. The minimum absolute atomic E-state index is 0. The first kappa shape index (κ1) is 37.5. The fraction of sp³-hybridized carbons (Fsp3) is 0.405. The molecule has 3 nitrogen and oxygen atoms in total. The van der Waals surface area contributed by atoms with Gasteiger partial charge in [-0.25, -0.2) is 8.78 Å². The van der Waals surface area contributed by atoms with Crippen LogP contribution < -0.4 is 5.19 Å². The molecule has 4 rings (SSSR count). The normalized spacial score (nSPS) is 12.0. The molecule has 1 aromatic heterocycles. The molecule has 3 aromatic carbocycles. The van der Waals surface area contributed by atoms with E-state index in [1.807, 2.05) is 79.4 Å². The molecule has 44 heavy (non-hydrogen) atoms. The zero-order valence-corrected chi connectivity index (χ0v) is 30.9. The molecule has 4 aromatic rings. The van der Waals surface area contributed by atoms with Crippen LogP contribution in [0.2, 0.25) is 19.6 Å².